The van der Waals surface area contributed by atoms with Crippen LogP contribution in [0, 0.1) is 17.1 Å². The smallest absolute Gasteiger partial charge is 0.330 e. The second-order valence-electron chi connectivity index (χ2n) is 4.98. The summed E-state index contributed by atoms with van der Waals surface area (Å²) in [7, 11) is 1.16. The highest BCUT2D eigenvalue weighted by Gasteiger charge is 2.60. The first-order chi connectivity index (χ1) is 10.8. The summed E-state index contributed by atoms with van der Waals surface area (Å²) in [5, 5.41) is 11.6. The fourth-order valence-corrected chi connectivity index (χ4v) is 2.62. The number of nitrogens with one attached hydrogen (secondary N) is 1. The van der Waals surface area contributed by atoms with Crippen LogP contribution in [0.4, 0.5) is 8.78 Å². The third-order valence-electron chi connectivity index (χ3n) is 3.50. The molecule has 1 aliphatic heterocycles. The minimum absolute atomic E-state index is 0.492. The summed E-state index contributed by atoms with van der Waals surface area (Å²) in [5.74, 6) is 0.714. The molecule has 0 aromatic carbocycles. The van der Waals surface area contributed by atoms with E-state index >= 15 is 4.39 Å². The van der Waals surface area contributed by atoms with Gasteiger partial charge in [0.15, 0.2) is 6.23 Å². The Hall–Kier alpha value is -1.73. The van der Waals surface area contributed by atoms with Crippen LogP contribution in [-0.2, 0) is 9.47 Å². The van der Waals surface area contributed by atoms with Gasteiger partial charge in [-0.15, -0.1) is 0 Å². The van der Waals surface area contributed by atoms with Crippen molar-refractivity contribution in [3.8, 4) is 11.3 Å². The molecule has 1 aromatic heterocycles. The Balaban J connectivity index is 2.64. The number of aromatic nitrogens is 2. The average Bonchev–Trinajstić information content (AvgIpc) is 2.76. The molecule has 2 N–H and O–H groups in total. The lowest BCUT2D eigenvalue weighted by molar-refractivity contribution is -0.0847. The number of ether oxygens (including phenoxy) is 2. The van der Waals surface area contributed by atoms with Gasteiger partial charge >= 0.3 is 5.69 Å². The van der Waals surface area contributed by atoms with Gasteiger partial charge in [-0.25, -0.2) is 9.18 Å². The van der Waals surface area contributed by atoms with Gasteiger partial charge in [0.1, 0.15) is 12.2 Å². The van der Waals surface area contributed by atoms with E-state index in [1.54, 1.807) is 4.98 Å². The van der Waals surface area contributed by atoms with Crippen LogP contribution in [-0.4, -0.2) is 45.7 Å². The fourth-order valence-electron chi connectivity index (χ4n) is 2.48. The van der Waals surface area contributed by atoms with Crippen LogP contribution in [0.3, 0.4) is 0 Å². The highest BCUT2D eigenvalue weighted by Crippen LogP contribution is 2.43. The topological polar surface area (TPSA) is 93.5 Å². The van der Waals surface area contributed by atoms with Gasteiger partial charge in [0.05, 0.1) is 12.3 Å². The predicted octanol–water partition coefficient (Wildman–Crippen LogP) is -0.123. The Morgan fingerprint density at radius 2 is 2.26 bits per heavy atom. The van der Waals surface area contributed by atoms with Crippen molar-refractivity contribution >= 4 is 11.6 Å². The number of aromatic amines is 1. The minimum Gasteiger partial charge on any atom is -0.391 e. The van der Waals surface area contributed by atoms with E-state index in [1.807, 2.05) is 11.3 Å². The molecule has 7 nitrogen and oxygen atoms in total. The lowest BCUT2D eigenvalue weighted by Crippen LogP contribution is -2.47. The summed E-state index contributed by atoms with van der Waals surface area (Å²) >= 11 is 5.28. The number of aliphatic hydroxyl groups excluding tert-OH is 1. The first kappa shape index (κ1) is 17.6. The van der Waals surface area contributed by atoms with Crippen LogP contribution in [0.5, 0.6) is 0 Å². The standard InChI is InChI=1S/C13H13ClF2N2O5/c1-6(19)8-9(22-2)13(16,3-4-14)11(23-8)18-5-7(15)10(20)17-12(18)21/h5-6,8-9,11,19H,1-2H3,(H,17,20,21)/t6-,8-,9+,11-,13?/m1/s1. The predicted molar refractivity (Wildman–Crippen MR) is 75.1 cm³/mol. The maximum Gasteiger partial charge on any atom is 0.330 e. The maximum absolute atomic E-state index is 15.4. The Kier molecular flexibility index (Phi) is 4.91. The Morgan fingerprint density at radius 1 is 1.61 bits per heavy atom. The molecule has 23 heavy (non-hydrogen) atoms. The number of hydrogen-bond acceptors (Lipinski definition) is 5. The van der Waals surface area contributed by atoms with E-state index in [2.05, 4.69) is 0 Å². The first-order valence-electron chi connectivity index (χ1n) is 6.45. The summed E-state index contributed by atoms with van der Waals surface area (Å²) in [6.45, 7) is 1.32. The molecule has 0 radical (unpaired) electrons. The molecule has 0 saturated carbocycles. The van der Waals surface area contributed by atoms with Gasteiger partial charge in [-0.2, -0.15) is 4.39 Å². The number of rotatable bonds is 3. The van der Waals surface area contributed by atoms with Crippen LogP contribution in [0.25, 0.3) is 0 Å². The van der Waals surface area contributed by atoms with Crippen molar-refractivity contribution in [1.82, 2.24) is 9.55 Å². The van der Waals surface area contributed by atoms with Gasteiger partial charge in [-0.05, 0) is 24.4 Å². The summed E-state index contributed by atoms with van der Waals surface area (Å²) < 4.78 is 39.6. The van der Waals surface area contributed by atoms with Gasteiger partial charge in [0.25, 0.3) is 5.56 Å². The molecule has 0 amide bonds. The average molecular weight is 351 g/mol. The van der Waals surface area contributed by atoms with Crippen molar-refractivity contribution in [2.75, 3.05) is 7.11 Å². The first-order valence-corrected chi connectivity index (χ1v) is 6.83. The van der Waals surface area contributed by atoms with Gasteiger partial charge in [-0.3, -0.25) is 14.3 Å². The van der Waals surface area contributed by atoms with Crippen molar-refractivity contribution < 1.29 is 23.4 Å². The molecule has 1 aromatic rings. The van der Waals surface area contributed by atoms with E-state index < -0.39 is 47.3 Å². The quantitative estimate of drug-likeness (QED) is 0.741. The third kappa shape index (κ3) is 2.90. The highest BCUT2D eigenvalue weighted by atomic mass is 35.5. The van der Waals surface area contributed by atoms with E-state index in [0.29, 0.717) is 10.8 Å². The summed E-state index contributed by atoms with van der Waals surface area (Å²) in [6, 6.07) is 0. The number of hydrogen-bond donors (Lipinski definition) is 2. The van der Waals surface area contributed by atoms with Crippen LogP contribution < -0.4 is 11.2 Å². The van der Waals surface area contributed by atoms with Crippen LogP contribution in [0.15, 0.2) is 15.8 Å². The lowest BCUT2D eigenvalue weighted by Gasteiger charge is -2.26. The molecule has 2 heterocycles. The second kappa shape index (κ2) is 6.41. The summed E-state index contributed by atoms with van der Waals surface area (Å²) in [5.41, 5.74) is -5.03. The zero-order valence-corrected chi connectivity index (χ0v) is 12.8. The molecule has 1 saturated heterocycles. The Labute approximate surface area is 133 Å². The Morgan fingerprint density at radius 3 is 2.78 bits per heavy atom. The molecule has 5 atom stereocenters. The molecular weight excluding hydrogens is 338 g/mol. The zero-order valence-electron chi connectivity index (χ0n) is 12.0. The van der Waals surface area contributed by atoms with Crippen molar-refractivity contribution in [1.29, 1.82) is 0 Å². The molecule has 10 heteroatoms. The van der Waals surface area contributed by atoms with Crippen molar-refractivity contribution in [2.45, 2.75) is 37.1 Å². The van der Waals surface area contributed by atoms with E-state index in [-0.39, 0.29) is 0 Å². The highest BCUT2D eigenvalue weighted by molar-refractivity contribution is 6.30. The largest absolute Gasteiger partial charge is 0.391 e. The van der Waals surface area contributed by atoms with E-state index in [0.717, 1.165) is 7.11 Å². The number of aliphatic hydroxyl groups is 1. The van der Waals surface area contributed by atoms with Crippen molar-refractivity contribution in [2.24, 2.45) is 0 Å². The number of methoxy groups -OCH3 is 1. The monoisotopic (exact) mass is 350 g/mol. The number of alkyl halides is 1. The zero-order chi connectivity index (χ0) is 17.4. The van der Waals surface area contributed by atoms with Crippen LogP contribution in [0.1, 0.15) is 13.2 Å². The molecule has 1 aliphatic rings. The van der Waals surface area contributed by atoms with E-state index in [4.69, 9.17) is 21.1 Å². The number of halogens is 3. The third-order valence-corrected chi connectivity index (χ3v) is 3.60. The molecule has 2 rings (SSSR count). The molecule has 0 bridgehead atoms. The van der Waals surface area contributed by atoms with Crippen molar-refractivity contribution in [3.05, 3.63) is 32.9 Å². The number of H-pyrrole nitrogens is 1. The summed E-state index contributed by atoms with van der Waals surface area (Å²) in [6.07, 6.45) is -5.07. The van der Waals surface area contributed by atoms with E-state index in [9.17, 15) is 19.1 Å². The molecule has 1 unspecified atom stereocenters. The molecule has 0 aliphatic carbocycles. The summed E-state index contributed by atoms with van der Waals surface area (Å²) in [4.78, 5) is 24.6. The van der Waals surface area contributed by atoms with Crippen LogP contribution in [0.2, 0.25) is 0 Å². The van der Waals surface area contributed by atoms with E-state index in [1.165, 1.54) is 6.92 Å². The minimum atomic E-state index is -2.66. The number of nitrogens with zero attached hydrogens (tertiary/aromatic N) is 1. The SMILES string of the molecule is CO[C@H]1[C@@H]([C@@H](C)O)O[C@@H](n2cc(F)c(=O)[nH]c2=O)C1(F)C#CCl. The lowest BCUT2D eigenvalue weighted by atomic mass is 9.94. The van der Waals surface area contributed by atoms with Crippen LogP contribution >= 0.6 is 11.6 Å². The van der Waals surface area contributed by atoms with Gasteiger partial charge in [-0.1, -0.05) is 0 Å². The van der Waals surface area contributed by atoms with Gasteiger partial charge in [0, 0.05) is 12.5 Å². The normalized spacial score (nSPS) is 31.5. The molecule has 0 spiro atoms. The van der Waals surface area contributed by atoms with Gasteiger partial charge in [0.2, 0.25) is 11.5 Å². The van der Waals surface area contributed by atoms with Gasteiger partial charge < -0.3 is 14.6 Å². The second-order valence-corrected chi connectivity index (χ2v) is 5.17. The molecular formula is C13H13ClF2N2O5. The van der Waals surface area contributed by atoms with Crippen molar-refractivity contribution in [3.63, 3.8) is 0 Å². The Bertz CT molecular complexity index is 768. The fraction of sp³-hybridized carbons (Fsp3) is 0.538. The molecule has 126 valence electrons. The molecule has 1 fully saturated rings. The maximum atomic E-state index is 15.4.